The molecule has 98 valence electrons. The van der Waals surface area contributed by atoms with Crippen LogP contribution in [0.4, 0.5) is 8.78 Å². The molecule has 2 N–H and O–H groups in total. The first kappa shape index (κ1) is 13.0. The topological polar surface area (TPSA) is 41.1 Å². The molecule has 0 spiro atoms. The molecule has 1 aliphatic rings. The monoisotopic (exact) mass is 254 g/mol. The van der Waals surface area contributed by atoms with Gasteiger partial charge in [0.05, 0.1) is 0 Å². The van der Waals surface area contributed by atoms with Gasteiger partial charge in [0.15, 0.2) is 11.6 Å². The molecular weight excluding hydrogens is 238 g/mol. The third-order valence-corrected chi connectivity index (χ3v) is 3.18. The van der Waals surface area contributed by atoms with Crippen molar-refractivity contribution in [3.8, 4) is 0 Å². The van der Waals surface area contributed by atoms with E-state index in [2.05, 4.69) is 10.6 Å². The Morgan fingerprint density at radius 2 is 2.22 bits per heavy atom. The van der Waals surface area contributed by atoms with Crippen molar-refractivity contribution in [1.29, 1.82) is 0 Å². The molecular formula is C13H16F2N2O. The molecule has 1 fully saturated rings. The van der Waals surface area contributed by atoms with Crippen LogP contribution in [0.25, 0.3) is 0 Å². The van der Waals surface area contributed by atoms with Gasteiger partial charge in [0, 0.05) is 12.1 Å². The Kier molecular flexibility index (Phi) is 4.25. The zero-order chi connectivity index (χ0) is 13.0. The molecule has 1 atom stereocenters. The number of benzene rings is 1. The van der Waals surface area contributed by atoms with E-state index < -0.39 is 11.6 Å². The van der Waals surface area contributed by atoms with Crippen molar-refractivity contribution in [2.24, 2.45) is 5.92 Å². The fourth-order valence-corrected chi connectivity index (χ4v) is 2.09. The second-order valence-electron chi connectivity index (χ2n) is 4.53. The lowest BCUT2D eigenvalue weighted by atomic mass is 10.1. The second-order valence-corrected chi connectivity index (χ2v) is 4.53. The van der Waals surface area contributed by atoms with E-state index in [4.69, 9.17) is 0 Å². The van der Waals surface area contributed by atoms with Gasteiger partial charge in [-0.15, -0.1) is 0 Å². The maximum atomic E-state index is 12.9. The van der Waals surface area contributed by atoms with Crippen LogP contribution in [0.1, 0.15) is 23.2 Å². The van der Waals surface area contributed by atoms with Crippen molar-refractivity contribution in [1.82, 2.24) is 10.6 Å². The van der Waals surface area contributed by atoms with Gasteiger partial charge in [-0.25, -0.2) is 8.78 Å². The highest BCUT2D eigenvalue weighted by molar-refractivity contribution is 5.94. The number of nitrogens with one attached hydrogen (secondary N) is 2. The Bertz CT molecular complexity index is 431. The Labute approximate surface area is 105 Å². The van der Waals surface area contributed by atoms with Crippen LogP contribution in [-0.2, 0) is 0 Å². The van der Waals surface area contributed by atoms with Gasteiger partial charge in [-0.1, -0.05) is 0 Å². The van der Waals surface area contributed by atoms with E-state index in [-0.39, 0.29) is 11.5 Å². The van der Waals surface area contributed by atoms with E-state index in [0.717, 1.165) is 38.1 Å². The molecule has 0 bridgehead atoms. The van der Waals surface area contributed by atoms with Crippen LogP contribution >= 0.6 is 0 Å². The molecule has 1 unspecified atom stereocenters. The van der Waals surface area contributed by atoms with Gasteiger partial charge in [-0.05, 0) is 50.0 Å². The number of rotatable bonds is 4. The van der Waals surface area contributed by atoms with E-state index in [1.54, 1.807) is 0 Å². The number of hydrogen-bond donors (Lipinski definition) is 2. The molecule has 1 heterocycles. The van der Waals surface area contributed by atoms with Crippen LogP contribution in [0.3, 0.4) is 0 Å². The van der Waals surface area contributed by atoms with Crippen LogP contribution in [0.5, 0.6) is 0 Å². The van der Waals surface area contributed by atoms with E-state index in [0.29, 0.717) is 12.5 Å². The number of carbonyl (C=O) groups excluding carboxylic acids is 1. The maximum absolute atomic E-state index is 12.9. The summed E-state index contributed by atoms with van der Waals surface area (Å²) in [6.45, 7) is 2.58. The van der Waals surface area contributed by atoms with Crippen LogP contribution in [0, 0.1) is 17.6 Å². The first-order valence-corrected chi connectivity index (χ1v) is 6.11. The van der Waals surface area contributed by atoms with Gasteiger partial charge in [0.2, 0.25) is 0 Å². The van der Waals surface area contributed by atoms with Crippen LogP contribution < -0.4 is 10.6 Å². The average Bonchev–Trinajstić information content (AvgIpc) is 2.85. The molecule has 1 saturated heterocycles. The molecule has 18 heavy (non-hydrogen) atoms. The summed E-state index contributed by atoms with van der Waals surface area (Å²) < 4.78 is 25.6. The number of carbonyl (C=O) groups is 1. The predicted molar refractivity (Wildman–Crippen MR) is 64.3 cm³/mol. The SMILES string of the molecule is O=C(NCCC1CCNC1)c1ccc(F)c(F)c1. The van der Waals surface area contributed by atoms with Crippen LogP contribution in [0.15, 0.2) is 18.2 Å². The summed E-state index contributed by atoms with van der Waals surface area (Å²) in [5, 5.41) is 5.97. The molecule has 0 saturated carbocycles. The van der Waals surface area contributed by atoms with Crippen molar-refractivity contribution < 1.29 is 13.6 Å². The molecule has 0 radical (unpaired) electrons. The molecule has 1 amide bonds. The third kappa shape index (κ3) is 3.26. The molecule has 2 rings (SSSR count). The van der Waals surface area contributed by atoms with Crippen molar-refractivity contribution in [2.45, 2.75) is 12.8 Å². The Morgan fingerprint density at radius 3 is 2.89 bits per heavy atom. The molecule has 0 aliphatic carbocycles. The van der Waals surface area contributed by atoms with E-state index in [1.165, 1.54) is 6.07 Å². The van der Waals surface area contributed by atoms with Crippen molar-refractivity contribution in [3.63, 3.8) is 0 Å². The molecule has 1 aliphatic heterocycles. The summed E-state index contributed by atoms with van der Waals surface area (Å²) in [6.07, 6.45) is 2.03. The highest BCUT2D eigenvalue weighted by Gasteiger charge is 2.15. The first-order valence-electron chi connectivity index (χ1n) is 6.11. The fraction of sp³-hybridized carbons (Fsp3) is 0.462. The van der Waals surface area contributed by atoms with Gasteiger partial charge in [-0.2, -0.15) is 0 Å². The summed E-state index contributed by atoms with van der Waals surface area (Å²) in [5.74, 6) is -1.71. The van der Waals surface area contributed by atoms with Crippen LogP contribution in [-0.4, -0.2) is 25.5 Å². The lowest BCUT2D eigenvalue weighted by molar-refractivity contribution is 0.0951. The molecule has 1 aromatic carbocycles. The number of amides is 1. The van der Waals surface area contributed by atoms with E-state index >= 15 is 0 Å². The summed E-state index contributed by atoms with van der Waals surface area (Å²) in [5.41, 5.74) is 0.151. The number of hydrogen-bond acceptors (Lipinski definition) is 2. The summed E-state index contributed by atoms with van der Waals surface area (Å²) in [4.78, 5) is 11.7. The molecule has 1 aromatic rings. The van der Waals surface area contributed by atoms with Crippen molar-refractivity contribution in [3.05, 3.63) is 35.4 Å². The normalized spacial score (nSPS) is 18.9. The highest BCUT2D eigenvalue weighted by atomic mass is 19.2. The van der Waals surface area contributed by atoms with Gasteiger partial charge in [0.25, 0.3) is 5.91 Å². The lowest BCUT2D eigenvalue weighted by Gasteiger charge is -2.09. The zero-order valence-corrected chi connectivity index (χ0v) is 10.0. The standard InChI is InChI=1S/C13H16F2N2O/c14-11-2-1-10(7-12(11)15)13(18)17-6-4-9-3-5-16-8-9/h1-2,7,9,16H,3-6,8H2,(H,17,18). The highest BCUT2D eigenvalue weighted by Crippen LogP contribution is 2.11. The summed E-state index contributed by atoms with van der Waals surface area (Å²) in [7, 11) is 0. The molecule has 5 heteroatoms. The lowest BCUT2D eigenvalue weighted by Crippen LogP contribution is -2.26. The minimum Gasteiger partial charge on any atom is -0.352 e. The Hall–Kier alpha value is -1.49. The van der Waals surface area contributed by atoms with Crippen LogP contribution in [0.2, 0.25) is 0 Å². The average molecular weight is 254 g/mol. The van der Waals surface area contributed by atoms with E-state index in [1.807, 2.05) is 0 Å². The largest absolute Gasteiger partial charge is 0.352 e. The Balaban J connectivity index is 1.81. The summed E-state index contributed by atoms with van der Waals surface area (Å²) in [6, 6.07) is 3.16. The van der Waals surface area contributed by atoms with Gasteiger partial charge in [-0.3, -0.25) is 4.79 Å². The third-order valence-electron chi connectivity index (χ3n) is 3.18. The zero-order valence-electron chi connectivity index (χ0n) is 10.0. The predicted octanol–water partition coefficient (Wildman–Crippen LogP) is 1.69. The summed E-state index contributed by atoms with van der Waals surface area (Å²) >= 11 is 0. The van der Waals surface area contributed by atoms with Gasteiger partial charge < -0.3 is 10.6 Å². The quantitative estimate of drug-likeness (QED) is 0.858. The van der Waals surface area contributed by atoms with Gasteiger partial charge >= 0.3 is 0 Å². The fourth-order valence-electron chi connectivity index (χ4n) is 2.09. The van der Waals surface area contributed by atoms with Crippen molar-refractivity contribution in [2.75, 3.05) is 19.6 Å². The Morgan fingerprint density at radius 1 is 1.39 bits per heavy atom. The minimum atomic E-state index is -0.998. The number of halogens is 2. The van der Waals surface area contributed by atoms with E-state index in [9.17, 15) is 13.6 Å². The smallest absolute Gasteiger partial charge is 0.251 e. The molecule has 0 aromatic heterocycles. The maximum Gasteiger partial charge on any atom is 0.251 e. The van der Waals surface area contributed by atoms with Crippen molar-refractivity contribution >= 4 is 5.91 Å². The molecule has 3 nitrogen and oxygen atoms in total. The second kappa shape index (κ2) is 5.91. The minimum absolute atomic E-state index is 0.151. The van der Waals surface area contributed by atoms with Gasteiger partial charge in [0.1, 0.15) is 0 Å². The first-order chi connectivity index (χ1) is 8.66.